The molecule has 0 heterocycles. The van der Waals surface area contributed by atoms with Crippen molar-refractivity contribution in [2.75, 3.05) is 6.54 Å². The molecule has 0 spiro atoms. The van der Waals surface area contributed by atoms with E-state index in [1.165, 1.54) is 89.9 Å². The minimum absolute atomic E-state index is 0.205. The maximum atomic E-state index is 11.9. The molecule has 1 aromatic rings. The average molecular weight is 461 g/mol. The molecule has 0 aromatic heterocycles. The van der Waals surface area contributed by atoms with Crippen molar-refractivity contribution >= 4 is 11.9 Å². The number of benzene rings is 1. The van der Waals surface area contributed by atoms with Crippen LogP contribution >= 0.6 is 0 Å². The minimum atomic E-state index is -0.410. The normalized spacial score (nSPS) is 10.8. The van der Waals surface area contributed by atoms with Crippen LogP contribution in [-0.2, 0) is 11.2 Å². The van der Waals surface area contributed by atoms with Gasteiger partial charge in [0.2, 0.25) is 5.91 Å². The number of phenols is 1. The largest absolute Gasteiger partial charge is 0.508 e. The van der Waals surface area contributed by atoms with Crippen LogP contribution in [0.1, 0.15) is 122 Å². The number of hydrogen-bond donors (Lipinski definition) is 3. The van der Waals surface area contributed by atoms with Crippen LogP contribution in [0.15, 0.2) is 24.3 Å². The summed E-state index contributed by atoms with van der Waals surface area (Å²) in [6.45, 7) is 2.88. The molecule has 3 amide bonds. The Balaban J connectivity index is 1.82. The first-order chi connectivity index (χ1) is 16.1. The summed E-state index contributed by atoms with van der Waals surface area (Å²) in [6.07, 6.45) is 22.0. The molecule has 5 heteroatoms. The Morgan fingerprint density at radius 3 is 1.64 bits per heavy atom. The third-order valence-electron chi connectivity index (χ3n) is 6.15. The van der Waals surface area contributed by atoms with E-state index in [1.807, 2.05) is 0 Å². The number of aromatic hydroxyl groups is 1. The second kappa shape index (κ2) is 20.6. The Bertz CT molecular complexity index is 616. The van der Waals surface area contributed by atoms with Crippen LogP contribution < -0.4 is 10.6 Å². The van der Waals surface area contributed by atoms with Crippen LogP contribution in [0.4, 0.5) is 4.79 Å². The monoisotopic (exact) mass is 460 g/mol. The van der Waals surface area contributed by atoms with Gasteiger partial charge in [-0.1, -0.05) is 115 Å². The summed E-state index contributed by atoms with van der Waals surface area (Å²) in [5, 5.41) is 14.4. The first-order valence-electron chi connectivity index (χ1n) is 13.5. The van der Waals surface area contributed by atoms with Crippen molar-refractivity contribution < 1.29 is 14.7 Å². The number of imide groups is 1. The third kappa shape index (κ3) is 18.1. The number of urea groups is 1. The summed E-state index contributed by atoms with van der Waals surface area (Å²) in [4.78, 5) is 23.6. The number of nitrogens with one attached hydrogen (secondary N) is 2. The van der Waals surface area contributed by atoms with E-state index >= 15 is 0 Å². The maximum absolute atomic E-state index is 11.9. The number of phenolic OH excluding ortho intramolecular Hbond substituents is 1. The number of carbonyl (C=O) groups excluding carboxylic acids is 2. The Hall–Kier alpha value is -2.04. The van der Waals surface area contributed by atoms with Crippen molar-refractivity contribution in [1.29, 1.82) is 0 Å². The molecule has 0 fully saturated rings. The van der Waals surface area contributed by atoms with Gasteiger partial charge in [0, 0.05) is 13.0 Å². The standard InChI is InChI=1S/C28H48N2O3/c1-2-3-4-5-6-7-8-9-10-11-12-13-14-15-16-17-24-29-28(33)30-27(32)23-20-25-18-21-26(31)22-19-25/h18-19,21-22,31H,2-17,20,23-24H2,1H3,(H2,29,30,32,33). The van der Waals surface area contributed by atoms with Crippen LogP contribution in [-0.4, -0.2) is 23.6 Å². The highest BCUT2D eigenvalue weighted by molar-refractivity contribution is 5.94. The highest BCUT2D eigenvalue weighted by atomic mass is 16.3. The lowest BCUT2D eigenvalue weighted by Gasteiger charge is -2.07. The smallest absolute Gasteiger partial charge is 0.321 e. The van der Waals surface area contributed by atoms with Crippen LogP contribution in [0.5, 0.6) is 5.75 Å². The number of unbranched alkanes of at least 4 members (excludes halogenated alkanes) is 15. The molecule has 3 N–H and O–H groups in total. The lowest BCUT2D eigenvalue weighted by atomic mass is 10.0. The zero-order chi connectivity index (χ0) is 24.0. The summed E-state index contributed by atoms with van der Waals surface area (Å²) in [7, 11) is 0. The van der Waals surface area contributed by atoms with Crippen LogP contribution in [0.25, 0.3) is 0 Å². The molecule has 0 bridgehead atoms. The molecule has 0 unspecified atom stereocenters. The topological polar surface area (TPSA) is 78.4 Å². The molecule has 0 saturated heterocycles. The van der Waals surface area contributed by atoms with Crippen LogP contribution in [0.3, 0.4) is 0 Å². The zero-order valence-electron chi connectivity index (χ0n) is 21.0. The minimum Gasteiger partial charge on any atom is -0.508 e. The molecule has 188 valence electrons. The van der Waals surface area contributed by atoms with Gasteiger partial charge in [0.15, 0.2) is 0 Å². The SMILES string of the molecule is CCCCCCCCCCCCCCCCCCNC(=O)NC(=O)CCc1ccc(O)cc1. The Kier molecular flexibility index (Phi) is 18.1. The van der Waals surface area contributed by atoms with Gasteiger partial charge < -0.3 is 10.4 Å². The van der Waals surface area contributed by atoms with Crippen molar-refractivity contribution in [2.24, 2.45) is 0 Å². The predicted octanol–water partition coefficient (Wildman–Crippen LogP) is 7.41. The number of amides is 3. The second-order valence-electron chi connectivity index (χ2n) is 9.27. The van der Waals surface area contributed by atoms with Gasteiger partial charge in [0.25, 0.3) is 0 Å². The van der Waals surface area contributed by atoms with Gasteiger partial charge in [-0.05, 0) is 30.5 Å². The lowest BCUT2D eigenvalue weighted by molar-refractivity contribution is -0.119. The Labute approximate surface area is 202 Å². The molecule has 5 nitrogen and oxygen atoms in total. The number of carbonyl (C=O) groups is 2. The van der Waals surface area contributed by atoms with Gasteiger partial charge >= 0.3 is 6.03 Å². The van der Waals surface area contributed by atoms with E-state index in [4.69, 9.17) is 0 Å². The van der Waals surface area contributed by atoms with Crippen molar-refractivity contribution in [3.8, 4) is 5.75 Å². The fraction of sp³-hybridized carbons (Fsp3) is 0.714. The first-order valence-corrected chi connectivity index (χ1v) is 13.5. The predicted molar refractivity (Wildman–Crippen MR) is 138 cm³/mol. The van der Waals surface area contributed by atoms with E-state index in [-0.39, 0.29) is 18.1 Å². The molecule has 1 aromatic carbocycles. The quantitative estimate of drug-likeness (QED) is 0.177. The van der Waals surface area contributed by atoms with E-state index < -0.39 is 6.03 Å². The average Bonchev–Trinajstić information content (AvgIpc) is 2.80. The third-order valence-corrected chi connectivity index (χ3v) is 6.15. The maximum Gasteiger partial charge on any atom is 0.321 e. The highest BCUT2D eigenvalue weighted by Crippen LogP contribution is 2.14. The molecule has 0 aliphatic rings. The van der Waals surface area contributed by atoms with E-state index in [9.17, 15) is 14.7 Å². The van der Waals surface area contributed by atoms with E-state index in [1.54, 1.807) is 24.3 Å². The van der Waals surface area contributed by atoms with E-state index in [0.29, 0.717) is 13.0 Å². The van der Waals surface area contributed by atoms with Crippen molar-refractivity contribution in [1.82, 2.24) is 10.6 Å². The number of hydrogen-bond acceptors (Lipinski definition) is 3. The van der Waals surface area contributed by atoms with Crippen LogP contribution in [0, 0.1) is 0 Å². The molecule has 0 aliphatic carbocycles. The summed E-state index contributed by atoms with van der Waals surface area (Å²) in [6, 6.07) is 6.34. The Morgan fingerprint density at radius 2 is 1.15 bits per heavy atom. The molecule has 0 aliphatic heterocycles. The van der Waals surface area contributed by atoms with Gasteiger partial charge in [0.1, 0.15) is 5.75 Å². The van der Waals surface area contributed by atoms with Gasteiger partial charge in [0.05, 0.1) is 0 Å². The number of aryl methyl sites for hydroxylation is 1. The fourth-order valence-electron chi connectivity index (χ4n) is 4.03. The summed E-state index contributed by atoms with van der Waals surface area (Å²) >= 11 is 0. The van der Waals surface area contributed by atoms with Crippen LogP contribution in [0.2, 0.25) is 0 Å². The number of rotatable bonds is 20. The summed E-state index contributed by atoms with van der Waals surface area (Å²) in [5.41, 5.74) is 0.955. The van der Waals surface area contributed by atoms with Crippen molar-refractivity contribution in [2.45, 2.75) is 122 Å². The molecule has 33 heavy (non-hydrogen) atoms. The van der Waals surface area contributed by atoms with E-state index in [0.717, 1.165) is 18.4 Å². The van der Waals surface area contributed by atoms with Gasteiger partial charge in [-0.2, -0.15) is 0 Å². The van der Waals surface area contributed by atoms with Gasteiger partial charge in [-0.15, -0.1) is 0 Å². The molecular formula is C28H48N2O3. The molecule has 0 atom stereocenters. The van der Waals surface area contributed by atoms with Crippen molar-refractivity contribution in [3.05, 3.63) is 29.8 Å². The van der Waals surface area contributed by atoms with Gasteiger partial charge in [-0.3, -0.25) is 10.1 Å². The lowest BCUT2D eigenvalue weighted by Crippen LogP contribution is -2.39. The second-order valence-corrected chi connectivity index (χ2v) is 9.27. The van der Waals surface area contributed by atoms with Crippen molar-refractivity contribution in [3.63, 3.8) is 0 Å². The molecule has 1 rings (SSSR count). The summed E-state index contributed by atoms with van der Waals surface area (Å²) in [5.74, 6) is -0.0794. The zero-order valence-corrected chi connectivity index (χ0v) is 21.0. The first kappa shape index (κ1) is 29.0. The Morgan fingerprint density at radius 1 is 0.697 bits per heavy atom. The highest BCUT2D eigenvalue weighted by Gasteiger charge is 2.07. The fourth-order valence-corrected chi connectivity index (χ4v) is 4.03. The molecule has 0 radical (unpaired) electrons. The van der Waals surface area contributed by atoms with Gasteiger partial charge in [-0.25, -0.2) is 4.79 Å². The molecular weight excluding hydrogens is 412 g/mol. The van der Waals surface area contributed by atoms with E-state index in [2.05, 4.69) is 17.6 Å². The molecule has 0 saturated carbocycles. The summed E-state index contributed by atoms with van der Waals surface area (Å²) < 4.78 is 0.